The van der Waals surface area contributed by atoms with Gasteiger partial charge in [0.1, 0.15) is 11.6 Å². The molecule has 2 N–H and O–H groups in total. The van der Waals surface area contributed by atoms with Gasteiger partial charge in [-0.05, 0) is 12.1 Å². The second kappa shape index (κ2) is 5.10. The lowest BCUT2D eigenvalue weighted by atomic mass is 10.2. The van der Waals surface area contributed by atoms with Crippen LogP contribution in [-0.2, 0) is 6.54 Å². The Morgan fingerprint density at radius 1 is 1.41 bits per heavy atom. The third-order valence-corrected chi connectivity index (χ3v) is 2.43. The van der Waals surface area contributed by atoms with Gasteiger partial charge in [-0.15, -0.1) is 0 Å². The Labute approximate surface area is 100 Å². The lowest BCUT2D eigenvalue weighted by Gasteiger charge is -2.05. The Morgan fingerprint density at radius 3 is 2.94 bits per heavy atom. The van der Waals surface area contributed by atoms with E-state index in [0.29, 0.717) is 11.9 Å². The van der Waals surface area contributed by atoms with Crippen LogP contribution in [0.25, 0.3) is 11.4 Å². The molecule has 1 aromatic heterocycles. The van der Waals surface area contributed by atoms with Crippen molar-refractivity contribution in [2.24, 2.45) is 0 Å². The van der Waals surface area contributed by atoms with Crippen LogP contribution in [0.2, 0.25) is 0 Å². The van der Waals surface area contributed by atoms with Crippen LogP contribution < -0.4 is 5.32 Å². The van der Waals surface area contributed by atoms with Gasteiger partial charge in [0.2, 0.25) is 0 Å². The lowest BCUT2D eigenvalue weighted by molar-refractivity contribution is 0.583. The third kappa shape index (κ3) is 3.14. The number of benzene rings is 1. The number of hydrogen-bond donors (Lipinski definition) is 2. The minimum Gasteiger partial charge on any atom is -0.341 e. The summed E-state index contributed by atoms with van der Waals surface area (Å²) in [4.78, 5) is 7.42. The van der Waals surface area contributed by atoms with Crippen molar-refractivity contribution in [2.75, 3.05) is 0 Å². The molecule has 0 aliphatic rings. The molecule has 0 atom stereocenters. The molecule has 0 aliphatic heterocycles. The van der Waals surface area contributed by atoms with E-state index in [1.165, 1.54) is 12.1 Å². The van der Waals surface area contributed by atoms with Crippen molar-refractivity contribution in [1.82, 2.24) is 15.3 Å². The maximum absolute atomic E-state index is 13.1. The first-order valence-corrected chi connectivity index (χ1v) is 5.68. The predicted molar refractivity (Wildman–Crippen MR) is 66.0 cm³/mol. The van der Waals surface area contributed by atoms with Crippen LogP contribution in [0.15, 0.2) is 30.5 Å². The molecule has 0 saturated heterocycles. The van der Waals surface area contributed by atoms with Crippen LogP contribution >= 0.6 is 0 Å². The molecule has 0 spiro atoms. The van der Waals surface area contributed by atoms with Crippen LogP contribution in [-0.4, -0.2) is 16.0 Å². The quantitative estimate of drug-likeness (QED) is 0.852. The summed E-state index contributed by atoms with van der Waals surface area (Å²) in [6, 6.07) is 6.84. The minimum absolute atomic E-state index is 0.249. The molecule has 2 rings (SSSR count). The topological polar surface area (TPSA) is 40.7 Å². The summed E-state index contributed by atoms with van der Waals surface area (Å²) >= 11 is 0. The zero-order chi connectivity index (χ0) is 12.3. The van der Waals surface area contributed by atoms with E-state index in [4.69, 9.17) is 0 Å². The van der Waals surface area contributed by atoms with E-state index in [1.54, 1.807) is 12.3 Å². The van der Waals surface area contributed by atoms with Gasteiger partial charge in [-0.2, -0.15) is 0 Å². The first-order valence-electron chi connectivity index (χ1n) is 5.68. The van der Waals surface area contributed by atoms with Crippen LogP contribution in [0.3, 0.4) is 0 Å². The number of nitrogens with zero attached hydrogens (tertiary/aromatic N) is 1. The van der Waals surface area contributed by atoms with Gasteiger partial charge in [-0.3, -0.25) is 0 Å². The molecule has 90 valence electrons. The summed E-state index contributed by atoms with van der Waals surface area (Å²) in [6.45, 7) is 4.91. The monoisotopic (exact) mass is 233 g/mol. The summed E-state index contributed by atoms with van der Waals surface area (Å²) < 4.78 is 13.1. The predicted octanol–water partition coefficient (Wildman–Crippen LogP) is 2.71. The maximum Gasteiger partial charge on any atom is 0.137 e. The number of nitrogens with one attached hydrogen (secondary N) is 2. The highest BCUT2D eigenvalue weighted by Gasteiger charge is 2.04. The Kier molecular flexibility index (Phi) is 3.54. The molecule has 0 bridgehead atoms. The first-order chi connectivity index (χ1) is 8.15. The van der Waals surface area contributed by atoms with Gasteiger partial charge < -0.3 is 10.3 Å². The molecule has 1 aromatic carbocycles. The largest absolute Gasteiger partial charge is 0.341 e. The number of H-pyrrole nitrogens is 1. The zero-order valence-corrected chi connectivity index (χ0v) is 10.00. The number of aromatic amines is 1. The number of halogens is 1. The Bertz CT molecular complexity index is 491. The van der Waals surface area contributed by atoms with E-state index < -0.39 is 0 Å². The summed E-state index contributed by atoms with van der Waals surface area (Å²) in [6.07, 6.45) is 1.77. The highest BCUT2D eigenvalue weighted by Crippen LogP contribution is 2.16. The van der Waals surface area contributed by atoms with E-state index in [1.807, 2.05) is 6.07 Å². The smallest absolute Gasteiger partial charge is 0.137 e. The molecular weight excluding hydrogens is 217 g/mol. The molecule has 3 nitrogen and oxygen atoms in total. The number of rotatable bonds is 4. The van der Waals surface area contributed by atoms with Crippen molar-refractivity contribution < 1.29 is 4.39 Å². The highest BCUT2D eigenvalue weighted by atomic mass is 19.1. The van der Waals surface area contributed by atoms with Crippen LogP contribution in [0, 0.1) is 5.82 Å². The van der Waals surface area contributed by atoms with Gasteiger partial charge in [0.25, 0.3) is 0 Å². The first kappa shape index (κ1) is 11.8. The van der Waals surface area contributed by atoms with Gasteiger partial charge in [-0.25, -0.2) is 9.37 Å². The molecule has 0 radical (unpaired) electrons. The standard InChI is InChI=1S/C13H16FN3/c1-9(2)15-7-12-8-16-13(17-12)10-4-3-5-11(14)6-10/h3-6,8-9,15H,7H2,1-2H3,(H,16,17). The molecule has 0 unspecified atom stereocenters. The highest BCUT2D eigenvalue weighted by molar-refractivity contribution is 5.54. The van der Waals surface area contributed by atoms with E-state index in [0.717, 1.165) is 17.8 Å². The molecular formula is C13H16FN3. The summed E-state index contributed by atoms with van der Waals surface area (Å²) in [5.41, 5.74) is 1.76. The molecule has 17 heavy (non-hydrogen) atoms. The van der Waals surface area contributed by atoms with E-state index in [2.05, 4.69) is 29.1 Å². The van der Waals surface area contributed by atoms with E-state index >= 15 is 0 Å². The number of aromatic nitrogens is 2. The van der Waals surface area contributed by atoms with Gasteiger partial charge in [0.15, 0.2) is 0 Å². The average Bonchev–Trinajstić information content (AvgIpc) is 2.75. The van der Waals surface area contributed by atoms with Crippen molar-refractivity contribution in [2.45, 2.75) is 26.4 Å². The zero-order valence-electron chi connectivity index (χ0n) is 10.00. The molecule has 4 heteroatoms. The maximum atomic E-state index is 13.1. The second-order valence-corrected chi connectivity index (χ2v) is 4.30. The van der Waals surface area contributed by atoms with Crippen molar-refractivity contribution in [3.05, 3.63) is 42.0 Å². The van der Waals surface area contributed by atoms with Crippen molar-refractivity contribution in [1.29, 1.82) is 0 Å². The second-order valence-electron chi connectivity index (χ2n) is 4.30. The van der Waals surface area contributed by atoms with Crippen molar-refractivity contribution in [3.63, 3.8) is 0 Å². The minimum atomic E-state index is -0.249. The summed E-state index contributed by atoms with van der Waals surface area (Å²) in [7, 11) is 0. The van der Waals surface area contributed by atoms with Crippen LogP contribution in [0.4, 0.5) is 4.39 Å². The summed E-state index contributed by atoms with van der Waals surface area (Å²) in [5, 5.41) is 3.29. The van der Waals surface area contributed by atoms with Crippen LogP contribution in [0.1, 0.15) is 19.5 Å². The normalized spacial score (nSPS) is 11.1. The van der Waals surface area contributed by atoms with E-state index in [-0.39, 0.29) is 5.82 Å². The van der Waals surface area contributed by atoms with Gasteiger partial charge in [0, 0.05) is 30.0 Å². The van der Waals surface area contributed by atoms with Crippen molar-refractivity contribution >= 4 is 0 Å². The average molecular weight is 233 g/mol. The number of hydrogen-bond acceptors (Lipinski definition) is 2. The van der Waals surface area contributed by atoms with Gasteiger partial charge in [0.05, 0.1) is 0 Å². The molecule has 0 fully saturated rings. The fourth-order valence-electron chi connectivity index (χ4n) is 1.55. The SMILES string of the molecule is CC(C)NCc1cnc(-c2cccc(F)c2)[nH]1. The van der Waals surface area contributed by atoms with Gasteiger partial charge >= 0.3 is 0 Å². The van der Waals surface area contributed by atoms with E-state index in [9.17, 15) is 4.39 Å². The summed E-state index contributed by atoms with van der Waals surface area (Å²) in [5.74, 6) is 0.450. The Morgan fingerprint density at radius 2 is 2.24 bits per heavy atom. The molecule has 0 amide bonds. The fraction of sp³-hybridized carbons (Fsp3) is 0.308. The third-order valence-electron chi connectivity index (χ3n) is 2.43. The Hall–Kier alpha value is -1.68. The molecule has 0 saturated carbocycles. The fourth-order valence-corrected chi connectivity index (χ4v) is 1.55. The molecule has 1 heterocycles. The Balaban J connectivity index is 2.12. The molecule has 2 aromatic rings. The van der Waals surface area contributed by atoms with Crippen molar-refractivity contribution in [3.8, 4) is 11.4 Å². The van der Waals surface area contributed by atoms with Crippen LogP contribution in [0.5, 0.6) is 0 Å². The molecule has 0 aliphatic carbocycles. The van der Waals surface area contributed by atoms with Gasteiger partial charge in [-0.1, -0.05) is 26.0 Å². The number of imidazole rings is 1. The lowest BCUT2D eigenvalue weighted by Crippen LogP contribution is -2.21.